The van der Waals surface area contributed by atoms with E-state index in [1.54, 1.807) is 18.2 Å². The molecular formula is C17H21ClN4O3. The third-order valence-corrected chi connectivity index (χ3v) is 3.92. The molecule has 2 rings (SSSR count). The molecule has 1 atom stereocenters. The van der Waals surface area contributed by atoms with Gasteiger partial charge < -0.3 is 20.1 Å². The highest BCUT2D eigenvalue weighted by Gasteiger charge is 2.15. The second-order valence-electron chi connectivity index (χ2n) is 5.38. The summed E-state index contributed by atoms with van der Waals surface area (Å²) in [5, 5.41) is 6.35. The van der Waals surface area contributed by atoms with Crippen molar-refractivity contribution in [2.45, 2.75) is 26.3 Å². The number of hydrogen-bond acceptors (Lipinski definition) is 6. The minimum absolute atomic E-state index is 0.233. The van der Waals surface area contributed by atoms with E-state index in [1.165, 1.54) is 20.5 Å². The molecule has 0 bridgehead atoms. The van der Waals surface area contributed by atoms with Crippen LogP contribution in [0.3, 0.4) is 0 Å². The molecule has 0 saturated carbocycles. The van der Waals surface area contributed by atoms with E-state index in [1.807, 2.05) is 6.92 Å². The third kappa shape index (κ3) is 4.73. The maximum atomic E-state index is 12.5. The van der Waals surface area contributed by atoms with E-state index in [-0.39, 0.29) is 11.7 Å². The van der Waals surface area contributed by atoms with Crippen molar-refractivity contribution in [2.24, 2.45) is 0 Å². The number of benzene rings is 1. The lowest BCUT2D eigenvalue weighted by Crippen LogP contribution is -2.18. The molecule has 2 aromatic rings. The zero-order valence-electron chi connectivity index (χ0n) is 14.6. The zero-order valence-corrected chi connectivity index (χ0v) is 15.3. The van der Waals surface area contributed by atoms with Crippen LogP contribution >= 0.6 is 11.6 Å². The van der Waals surface area contributed by atoms with Crippen LogP contribution in [0.5, 0.6) is 11.5 Å². The predicted molar refractivity (Wildman–Crippen MR) is 97.9 cm³/mol. The number of hydrogen-bond donors (Lipinski definition) is 2. The number of rotatable bonds is 7. The Hall–Kier alpha value is -2.54. The van der Waals surface area contributed by atoms with Gasteiger partial charge in [0.05, 0.1) is 24.9 Å². The summed E-state index contributed by atoms with van der Waals surface area (Å²) in [6.07, 6.45) is 2.28. The van der Waals surface area contributed by atoms with Gasteiger partial charge in [0.15, 0.2) is 0 Å². The lowest BCUT2D eigenvalue weighted by atomic mass is 10.2. The SMILES string of the molecule is CCC(C)Nc1cc(C(=O)Nc2cc(OC)c(Cl)cc2OC)ncn1. The van der Waals surface area contributed by atoms with Gasteiger partial charge in [-0.1, -0.05) is 18.5 Å². The molecule has 0 saturated heterocycles. The summed E-state index contributed by atoms with van der Waals surface area (Å²) in [5.74, 6) is 1.05. The van der Waals surface area contributed by atoms with Crippen molar-refractivity contribution < 1.29 is 14.3 Å². The molecule has 134 valence electrons. The summed E-state index contributed by atoms with van der Waals surface area (Å²) in [6.45, 7) is 4.10. The normalized spacial score (nSPS) is 11.6. The molecule has 7 nitrogen and oxygen atoms in total. The molecule has 0 spiro atoms. The molecule has 25 heavy (non-hydrogen) atoms. The summed E-state index contributed by atoms with van der Waals surface area (Å²) in [6, 6.07) is 5.01. The van der Waals surface area contributed by atoms with Crippen molar-refractivity contribution in [3.8, 4) is 11.5 Å². The van der Waals surface area contributed by atoms with Crippen LogP contribution in [-0.2, 0) is 0 Å². The highest BCUT2D eigenvalue weighted by Crippen LogP contribution is 2.36. The minimum atomic E-state index is -0.391. The van der Waals surface area contributed by atoms with Gasteiger partial charge in [-0.25, -0.2) is 9.97 Å². The number of methoxy groups -OCH3 is 2. The van der Waals surface area contributed by atoms with Gasteiger partial charge in [0.1, 0.15) is 29.3 Å². The molecule has 1 heterocycles. The quantitative estimate of drug-likeness (QED) is 0.780. The van der Waals surface area contributed by atoms with E-state index in [2.05, 4.69) is 27.5 Å². The van der Waals surface area contributed by atoms with Crippen molar-refractivity contribution in [1.82, 2.24) is 9.97 Å². The lowest BCUT2D eigenvalue weighted by molar-refractivity contribution is 0.102. The Morgan fingerprint density at radius 2 is 1.92 bits per heavy atom. The number of ether oxygens (including phenoxy) is 2. The van der Waals surface area contributed by atoms with Crippen molar-refractivity contribution in [2.75, 3.05) is 24.9 Å². The average Bonchev–Trinajstić information content (AvgIpc) is 2.62. The molecule has 0 radical (unpaired) electrons. The van der Waals surface area contributed by atoms with Crippen LogP contribution < -0.4 is 20.1 Å². The van der Waals surface area contributed by atoms with Gasteiger partial charge in [0, 0.05) is 24.2 Å². The van der Waals surface area contributed by atoms with Gasteiger partial charge in [-0.15, -0.1) is 0 Å². The first-order valence-electron chi connectivity index (χ1n) is 7.79. The summed E-state index contributed by atoms with van der Waals surface area (Å²) >= 11 is 6.07. The smallest absolute Gasteiger partial charge is 0.274 e. The van der Waals surface area contributed by atoms with Crippen LogP contribution in [0.15, 0.2) is 24.5 Å². The van der Waals surface area contributed by atoms with E-state index in [0.29, 0.717) is 28.0 Å². The Balaban J connectivity index is 2.23. The zero-order chi connectivity index (χ0) is 18.4. The van der Waals surface area contributed by atoms with Gasteiger partial charge in [-0.2, -0.15) is 0 Å². The van der Waals surface area contributed by atoms with Gasteiger partial charge >= 0.3 is 0 Å². The number of amides is 1. The van der Waals surface area contributed by atoms with Crippen LogP contribution in [-0.4, -0.2) is 36.1 Å². The largest absolute Gasteiger partial charge is 0.495 e. The maximum Gasteiger partial charge on any atom is 0.274 e. The topological polar surface area (TPSA) is 85.4 Å². The van der Waals surface area contributed by atoms with Crippen molar-refractivity contribution >= 4 is 29.0 Å². The first-order chi connectivity index (χ1) is 12.0. The molecule has 1 aromatic heterocycles. The Morgan fingerprint density at radius 1 is 1.20 bits per heavy atom. The van der Waals surface area contributed by atoms with Gasteiger partial charge in [0.2, 0.25) is 0 Å². The second kappa shape index (κ2) is 8.53. The molecule has 2 N–H and O–H groups in total. The Bertz CT molecular complexity index is 755. The number of carbonyl (C=O) groups excluding carboxylic acids is 1. The molecule has 0 fully saturated rings. The number of aromatic nitrogens is 2. The van der Waals surface area contributed by atoms with E-state index in [9.17, 15) is 4.79 Å². The van der Waals surface area contributed by atoms with E-state index in [0.717, 1.165) is 6.42 Å². The summed E-state index contributed by atoms with van der Waals surface area (Å²) < 4.78 is 10.4. The van der Waals surface area contributed by atoms with E-state index >= 15 is 0 Å². The molecule has 0 aliphatic carbocycles. The van der Waals surface area contributed by atoms with Crippen LogP contribution in [0.1, 0.15) is 30.8 Å². The Labute approximate surface area is 151 Å². The summed E-state index contributed by atoms with van der Waals surface area (Å²) in [4.78, 5) is 20.7. The maximum absolute atomic E-state index is 12.5. The van der Waals surface area contributed by atoms with Gasteiger partial charge in [0.25, 0.3) is 5.91 Å². The fourth-order valence-electron chi connectivity index (χ4n) is 2.06. The molecule has 8 heteroatoms. The molecule has 1 unspecified atom stereocenters. The Kier molecular flexibility index (Phi) is 6.41. The van der Waals surface area contributed by atoms with Gasteiger partial charge in [-0.05, 0) is 13.3 Å². The number of carbonyl (C=O) groups is 1. The standard InChI is InChI=1S/C17H21ClN4O3/c1-5-10(2)21-16-8-13(19-9-20-16)17(23)22-12-7-14(24-3)11(18)6-15(12)25-4/h6-10H,5H2,1-4H3,(H,22,23)(H,19,20,21). The minimum Gasteiger partial charge on any atom is -0.495 e. The fraction of sp³-hybridized carbons (Fsp3) is 0.353. The van der Waals surface area contributed by atoms with E-state index < -0.39 is 5.91 Å². The highest BCUT2D eigenvalue weighted by molar-refractivity contribution is 6.32. The Morgan fingerprint density at radius 3 is 2.56 bits per heavy atom. The van der Waals surface area contributed by atoms with Crippen molar-refractivity contribution in [3.05, 3.63) is 35.2 Å². The molecule has 1 aromatic carbocycles. The first kappa shape index (κ1) is 18.8. The lowest BCUT2D eigenvalue weighted by Gasteiger charge is -2.14. The van der Waals surface area contributed by atoms with Crippen molar-refractivity contribution in [3.63, 3.8) is 0 Å². The van der Waals surface area contributed by atoms with Crippen molar-refractivity contribution in [1.29, 1.82) is 0 Å². The van der Waals surface area contributed by atoms with Crippen LogP contribution in [0, 0.1) is 0 Å². The average molecular weight is 365 g/mol. The van der Waals surface area contributed by atoms with Crippen LogP contribution in [0.4, 0.5) is 11.5 Å². The number of nitrogens with one attached hydrogen (secondary N) is 2. The molecule has 0 aliphatic rings. The third-order valence-electron chi connectivity index (χ3n) is 3.63. The van der Waals surface area contributed by atoms with E-state index in [4.69, 9.17) is 21.1 Å². The summed E-state index contributed by atoms with van der Waals surface area (Å²) in [7, 11) is 2.99. The molecule has 1 amide bonds. The number of halogens is 1. The predicted octanol–water partition coefficient (Wildman–Crippen LogP) is 3.61. The fourth-order valence-corrected chi connectivity index (χ4v) is 2.29. The molecular weight excluding hydrogens is 344 g/mol. The van der Waals surface area contributed by atoms with Crippen LogP contribution in [0.25, 0.3) is 0 Å². The van der Waals surface area contributed by atoms with Gasteiger partial charge in [-0.3, -0.25) is 4.79 Å². The highest BCUT2D eigenvalue weighted by atomic mass is 35.5. The second-order valence-corrected chi connectivity index (χ2v) is 5.79. The summed E-state index contributed by atoms with van der Waals surface area (Å²) in [5.41, 5.74) is 0.667. The number of anilines is 2. The monoisotopic (exact) mass is 364 g/mol. The first-order valence-corrected chi connectivity index (χ1v) is 8.17. The van der Waals surface area contributed by atoms with Crippen LogP contribution in [0.2, 0.25) is 5.02 Å². The molecule has 0 aliphatic heterocycles. The number of nitrogens with zero attached hydrogens (tertiary/aromatic N) is 2.